The number of nitrogens with one attached hydrogen (secondary N) is 1. The zero-order valence-corrected chi connectivity index (χ0v) is 20.0. The van der Waals surface area contributed by atoms with Gasteiger partial charge in [-0.1, -0.05) is 67.8 Å². The summed E-state index contributed by atoms with van der Waals surface area (Å²) in [5.41, 5.74) is 4.80. The van der Waals surface area contributed by atoms with E-state index in [4.69, 9.17) is 9.84 Å². The van der Waals surface area contributed by atoms with E-state index >= 15 is 0 Å². The minimum absolute atomic E-state index is 0.0541. The third-order valence-electron chi connectivity index (χ3n) is 6.51. The first-order valence-corrected chi connectivity index (χ1v) is 12.0. The quantitative estimate of drug-likeness (QED) is 0.438. The lowest BCUT2D eigenvalue weighted by atomic mass is 9.98. The number of unbranched alkanes of at least 4 members (excludes halogenated alkanes) is 4. The van der Waals surface area contributed by atoms with Gasteiger partial charge in [-0.3, -0.25) is 4.79 Å². The second-order valence-electron chi connectivity index (χ2n) is 8.79. The largest absolute Gasteiger partial charge is 0.480 e. The van der Waals surface area contributed by atoms with E-state index < -0.39 is 18.1 Å². The van der Waals surface area contributed by atoms with E-state index in [1.807, 2.05) is 24.3 Å². The van der Waals surface area contributed by atoms with Crippen LogP contribution in [0.2, 0.25) is 0 Å². The highest BCUT2D eigenvalue weighted by molar-refractivity contribution is 5.83. The highest BCUT2D eigenvalue weighted by Crippen LogP contribution is 2.44. The Balaban J connectivity index is 1.29. The van der Waals surface area contributed by atoms with Crippen LogP contribution in [0.4, 0.5) is 4.79 Å². The Morgan fingerprint density at radius 2 is 1.50 bits per heavy atom. The number of amides is 2. The fourth-order valence-corrected chi connectivity index (χ4v) is 4.33. The average Bonchev–Trinajstić information content (AvgIpc) is 3.16. The zero-order valence-electron chi connectivity index (χ0n) is 20.0. The number of hydrogen-bond acceptors (Lipinski definition) is 4. The van der Waals surface area contributed by atoms with Crippen molar-refractivity contribution in [2.75, 3.05) is 20.2 Å². The summed E-state index contributed by atoms with van der Waals surface area (Å²) < 4.78 is 5.54. The smallest absolute Gasteiger partial charge is 0.407 e. The second kappa shape index (κ2) is 12.2. The molecule has 0 unspecified atom stereocenters. The highest BCUT2D eigenvalue weighted by Gasteiger charge is 2.29. The van der Waals surface area contributed by atoms with Crippen LogP contribution in [-0.4, -0.2) is 54.2 Å². The summed E-state index contributed by atoms with van der Waals surface area (Å²) in [6.45, 7) is 2.36. The number of alkyl carbamates (subject to hydrolysis) is 1. The molecule has 0 saturated heterocycles. The Labute approximate surface area is 201 Å². The van der Waals surface area contributed by atoms with Crippen molar-refractivity contribution in [3.05, 3.63) is 59.7 Å². The normalized spacial score (nSPS) is 13.0. The van der Waals surface area contributed by atoms with Crippen molar-refractivity contribution in [3.8, 4) is 11.1 Å². The van der Waals surface area contributed by atoms with Crippen molar-refractivity contribution >= 4 is 18.0 Å². The first kappa shape index (κ1) is 25.3. The van der Waals surface area contributed by atoms with Gasteiger partial charge in [0.15, 0.2) is 0 Å². The second-order valence-corrected chi connectivity index (χ2v) is 8.79. The lowest BCUT2D eigenvalue weighted by molar-refractivity contribution is -0.148. The van der Waals surface area contributed by atoms with E-state index in [1.165, 1.54) is 41.1 Å². The van der Waals surface area contributed by atoms with Gasteiger partial charge >= 0.3 is 12.1 Å². The molecule has 1 atom stereocenters. The summed E-state index contributed by atoms with van der Waals surface area (Å²) >= 11 is 0. The Bertz CT molecular complexity index is 961. The monoisotopic (exact) mass is 466 g/mol. The third kappa shape index (κ3) is 6.37. The van der Waals surface area contributed by atoms with Crippen molar-refractivity contribution in [3.63, 3.8) is 0 Å². The van der Waals surface area contributed by atoms with E-state index in [0.29, 0.717) is 19.6 Å². The molecule has 1 aliphatic rings. The molecule has 182 valence electrons. The number of carboxylic acids is 1. The van der Waals surface area contributed by atoms with Crippen molar-refractivity contribution < 1.29 is 24.2 Å². The van der Waals surface area contributed by atoms with Crippen molar-refractivity contribution in [2.24, 2.45) is 0 Å². The van der Waals surface area contributed by atoms with Crippen LogP contribution >= 0.6 is 0 Å². The summed E-state index contributed by atoms with van der Waals surface area (Å²) in [5, 5.41) is 11.8. The van der Waals surface area contributed by atoms with Gasteiger partial charge in [-0.15, -0.1) is 0 Å². The number of carbonyl (C=O) groups is 3. The number of benzene rings is 2. The number of rotatable bonds is 12. The molecule has 0 aromatic heterocycles. The summed E-state index contributed by atoms with van der Waals surface area (Å²) in [4.78, 5) is 36.4. The van der Waals surface area contributed by atoms with Gasteiger partial charge in [0, 0.05) is 25.9 Å². The molecule has 7 nitrogen and oxygen atoms in total. The van der Waals surface area contributed by atoms with Gasteiger partial charge in [0.2, 0.25) is 5.91 Å². The molecule has 0 spiro atoms. The molecule has 0 fully saturated rings. The van der Waals surface area contributed by atoms with E-state index in [2.05, 4.69) is 29.6 Å². The first-order chi connectivity index (χ1) is 16.4. The lowest BCUT2D eigenvalue weighted by Crippen LogP contribution is -2.40. The predicted octanol–water partition coefficient (Wildman–Crippen LogP) is 4.80. The molecule has 1 aliphatic carbocycles. The van der Waals surface area contributed by atoms with Crippen molar-refractivity contribution in [2.45, 2.75) is 57.4 Å². The molecule has 2 N–H and O–H groups in total. The van der Waals surface area contributed by atoms with Crippen LogP contribution in [0.1, 0.15) is 62.5 Å². The number of carbonyl (C=O) groups excluding carboxylic acids is 2. The molecule has 0 heterocycles. The average molecular weight is 467 g/mol. The summed E-state index contributed by atoms with van der Waals surface area (Å²) in [7, 11) is 1.52. The van der Waals surface area contributed by atoms with Crippen molar-refractivity contribution in [1.82, 2.24) is 10.2 Å². The Kier molecular flexibility index (Phi) is 9.08. The van der Waals surface area contributed by atoms with Gasteiger partial charge in [0.05, 0.1) is 0 Å². The van der Waals surface area contributed by atoms with Crippen LogP contribution in [-0.2, 0) is 14.3 Å². The van der Waals surface area contributed by atoms with Crippen LogP contribution in [0.25, 0.3) is 11.1 Å². The minimum atomic E-state index is -1.00. The predicted molar refractivity (Wildman–Crippen MR) is 131 cm³/mol. The maximum atomic E-state index is 12.2. The minimum Gasteiger partial charge on any atom is -0.480 e. The molecule has 0 bridgehead atoms. The topological polar surface area (TPSA) is 95.9 Å². The Morgan fingerprint density at radius 3 is 2.12 bits per heavy atom. The standard InChI is InChI=1S/C27H34N2O5/c1-19(26(31)32)29(2)25(30)16-6-4-3-5-11-17-28-27(33)34-18-24-22-14-9-7-12-20(22)21-13-8-10-15-23(21)24/h7-10,12-15,19,24H,3-6,11,16-18H2,1-2H3,(H,28,33)(H,31,32)/t19-/m0/s1. The maximum absolute atomic E-state index is 12.2. The van der Waals surface area contributed by atoms with Gasteiger partial charge in [0.25, 0.3) is 0 Å². The molecule has 0 saturated carbocycles. The van der Waals surface area contributed by atoms with E-state index in [0.717, 1.165) is 32.1 Å². The van der Waals surface area contributed by atoms with Gasteiger partial charge in [-0.25, -0.2) is 9.59 Å². The summed E-state index contributed by atoms with van der Waals surface area (Å²) in [5.74, 6) is -1.09. The number of ether oxygens (including phenoxy) is 1. The highest BCUT2D eigenvalue weighted by atomic mass is 16.5. The third-order valence-corrected chi connectivity index (χ3v) is 6.51. The van der Waals surface area contributed by atoms with E-state index in [-0.39, 0.29) is 11.8 Å². The van der Waals surface area contributed by atoms with Gasteiger partial charge in [0.1, 0.15) is 12.6 Å². The van der Waals surface area contributed by atoms with Crippen molar-refractivity contribution in [1.29, 1.82) is 0 Å². The van der Waals surface area contributed by atoms with E-state index in [1.54, 1.807) is 0 Å². The zero-order chi connectivity index (χ0) is 24.5. The molecule has 0 aliphatic heterocycles. The van der Waals surface area contributed by atoms with Crippen LogP contribution in [0, 0.1) is 0 Å². The molecule has 2 amide bonds. The van der Waals surface area contributed by atoms with Gasteiger partial charge < -0.3 is 20.1 Å². The molecule has 0 radical (unpaired) electrons. The number of likely N-dealkylation sites (N-methyl/N-ethyl adjacent to an activating group) is 1. The molecular weight excluding hydrogens is 432 g/mol. The summed E-state index contributed by atoms with van der Waals surface area (Å²) in [6.07, 6.45) is 4.32. The number of fused-ring (bicyclic) bond motifs is 3. The van der Waals surface area contributed by atoms with Crippen LogP contribution in [0.15, 0.2) is 48.5 Å². The van der Waals surface area contributed by atoms with Crippen LogP contribution in [0.5, 0.6) is 0 Å². The molecule has 2 aromatic rings. The maximum Gasteiger partial charge on any atom is 0.407 e. The Hall–Kier alpha value is -3.35. The lowest BCUT2D eigenvalue weighted by Gasteiger charge is -2.21. The fourth-order valence-electron chi connectivity index (χ4n) is 4.33. The Morgan fingerprint density at radius 1 is 0.941 bits per heavy atom. The van der Waals surface area contributed by atoms with Gasteiger partial charge in [-0.05, 0) is 42.0 Å². The SMILES string of the molecule is C[C@@H](C(=O)O)N(C)C(=O)CCCCCCCNC(=O)OCC1c2ccccc2-c2ccccc21. The van der Waals surface area contributed by atoms with E-state index in [9.17, 15) is 14.4 Å². The summed E-state index contributed by atoms with van der Waals surface area (Å²) in [6, 6.07) is 15.7. The molecule has 2 aromatic carbocycles. The number of hydrogen-bond donors (Lipinski definition) is 2. The first-order valence-electron chi connectivity index (χ1n) is 12.0. The number of nitrogens with zero attached hydrogens (tertiary/aromatic N) is 1. The molecule has 7 heteroatoms. The molecule has 34 heavy (non-hydrogen) atoms. The fraction of sp³-hybridized carbons (Fsp3) is 0.444. The number of aliphatic carboxylic acids is 1. The molecule has 3 rings (SSSR count). The van der Waals surface area contributed by atoms with Gasteiger partial charge in [-0.2, -0.15) is 0 Å². The van der Waals surface area contributed by atoms with Crippen LogP contribution in [0.3, 0.4) is 0 Å². The molecular formula is C27H34N2O5. The van der Waals surface area contributed by atoms with Crippen LogP contribution < -0.4 is 5.32 Å². The number of carboxylic acid groups (broad SMARTS) is 1.